The number of nitrogens with zero attached hydrogens (tertiary/aromatic N) is 2. The molecule has 0 unspecified atom stereocenters. The maximum atomic E-state index is 13.6. The van der Waals surface area contributed by atoms with Gasteiger partial charge >= 0.3 is 0 Å². The number of aryl methyl sites for hydroxylation is 1. The molecular weight excluding hydrogens is 341 g/mol. The molecule has 2 aromatic carbocycles. The van der Waals surface area contributed by atoms with Crippen LogP contribution in [0.2, 0.25) is 0 Å². The molecule has 0 atom stereocenters. The van der Waals surface area contributed by atoms with Gasteiger partial charge in [-0.1, -0.05) is 48.0 Å². The minimum absolute atomic E-state index is 0.0125. The van der Waals surface area contributed by atoms with Crippen LogP contribution in [0, 0.1) is 12.7 Å². The van der Waals surface area contributed by atoms with Gasteiger partial charge in [0.05, 0.1) is 6.54 Å². The van der Waals surface area contributed by atoms with Crippen molar-refractivity contribution in [3.8, 4) is 0 Å². The van der Waals surface area contributed by atoms with Gasteiger partial charge in [-0.15, -0.1) is 0 Å². The van der Waals surface area contributed by atoms with Gasteiger partial charge in [0.1, 0.15) is 5.82 Å². The second-order valence-electron chi connectivity index (χ2n) is 7.23. The molecule has 2 aromatic rings. The van der Waals surface area contributed by atoms with Crippen molar-refractivity contribution in [2.45, 2.75) is 19.9 Å². The van der Waals surface area contributed by atoms with Crippen LogP contribution >= 0.6 is 0 Å². The second kappa shape index (κ2) is 9.62. The fraction of sp³-hybridized carbons (Fsp3) is 0.409. The van der Waals surface area contributed by atoms with Crippen molar-refractivity contribution in [2.24, 2.45) is 0 Å². The van der Waals surface area contributed by atoms with Gasteiger partial charge in [0.2, 0.25) is 5.91 Å². The van der Waals surface area contributed by atoms with Gasteiger partial charge in [-0.3, -0.25) is 14.6 Å². The molecule has 1 heterocycles. The zero-order valence-electron chi connectivity index (χ0n) is 16.0. The lowest BCUT2D eigenvalue weighted by Gasteiger charge is -2.34. The molecule has 27 heavy (non-hydrogen) atoms. The molecule has 144 valence electrons. The van der Waals surface area contributed by atoms with Crippen LogP contribution in [-0.2, 0) is 17.8 Å². The Hall–Kier alpha value is -2.24. The van der Waals surface area contributed by atoms with Crippen molar-refractivity contribution in [2.75, 3.05) is 39.3 Å². The van der Waals surface area contributed by atoms with Gasteiger partial charge in [0, 0.05) is 39.3 Å². The smallest absolute Gasteiger partial charge is 0.234 e. The van der Waals surface area contributed by atoms with Crippen LogP contribution in [0.4, 0.5) is 4.39 Å². The van der Waals surface area contributed by atoms with E-state index in [1.807, 2.05) is 6.07 Å². The van der Waals surface area contributed by atoms with E-state index in [4.69, 9.17) is 0 Å². The number of benzene rings is 2. The largest absolute Gasteiger partial charge is 0.355 e. The highest BCUT2D eigenvalue weighted by atomic mass is 19.1. The maximum absolute atomic E-state index is 13.6. The molecule has 0 spiro atoms. The van der Waals surface area contributed by atoms with Crippen LogP contribution in [0.25, 0.3) is 0 Å². The molecule has 1 aliphatic heterocycles. The van der Waals surface area contributed by atoms with Crippen molar-refractivity contribution in [1.82, 2.24) is 15.1 Å². The first-order valence-electron chi connectivity index (χ1n) is 9.60. The summed E-state index contributed by atoms with van der Waals surface area (Å²) in [6.07, 6.45) is 0.517. The summed E-state index contributed by atoms with van der Waals surface area (Å²) in [5, 5.41) is 2.90. The lowest BCUT2D eigenvalue weighted by molar-refractivity contribution is -0.122. The molecule has 3 rings (SSSR count). The predicted molar refractivity (Wildman–Crippen MR) is 106 cm³/mol. The third kappa shape index (κ3) is 6.15. The molecule has 4 nitrogen and oxygen atoms in total. The number of carbonyl (C=O) groups excluding carboxylic acids is 1. The van der Waals surface area contributed by atoms with Crippen LogP contribution in [0.1, 0.15) is 16.7 Å². The summed E-state index contributed by atoms with van der Waals surface area (Å²) in [5.41, 5.74) is 3.27. The Morgan fingerprint density at radius 3 is 2.52 bits per heavy atom. The molecule has 0 radical (unpaired) electrons. The van der Waals surface area contributed by atoms with Crippen molar-refractivity contribution < 1.29 is 9.18 Å². The average Bonchev–Trinajstić information content (AvgIpc) is 2.65. The molecule has 1 saturated heterocycles. The molecule has 0 aliphatic carbocycles. The van der Waals surface area contributed by atoms with Crippen LogP contribution in [0.3, 0.4) is 0 Å². The van der Waals surface area contributed by atoms with Gasteiger partial charge < -0.3 is 5.32 Å². The highest BCUT2D eigenvalue weighted by molar-refractivity contribution is 5.78. The molecule has 1 N–H and O–H groups in total. The zero-order chi connectivity index (χ0) is 19.1. The summed E-state index contributed by atoms with van der Waals surface area (Å²) in [6.45, 7) is 7.69. The van der Waals surface area contributed by atoms with Gasteiger partial charge in [-0.05, 0) is 30.5 Å². The lowest BCUT2D eigenvalue weighted by atomic mass is 10.1. The monoisotopic (exact) mass is 369 g/mol. The van der Waals surface area contributed by atoms with E-state index in [9.17, 15) is 9.18 Å². The van der Waals surface area contributed by atoms with E-state index >= 15 is 0 Å². The second-order valence-corrected chi connectivity index (χ2v) is 7.23. The van der Waals surface area contributed by atoms with Gasteiger partial charge in [0.15, 0.2) is 0 Å². The van der Waals surface area contributed by atoms with E-state index in [0.29, 0.717) is 25.1 Å². The van der Waals surface area contributed by atoms with Crippen LogP contribution < -0.4 is 5.32 Å². The van der Waals surface area contributed by atoms with E-state index < -0.39 is 0 Å². The number of carbonyl (C=O) groups is 1. The maximum Gasteiger partial charge on any atom is 0.234 e. The minimum Gasteiger partial charge on any atom is -0.355 e. The number of piperazine rings is 1. The van der Waals surface area contributed by atoms with Gasteiger partial charge in [0.25, 0.3) is 0 Å². The van der Waals surface area contributed by atoms with Crippen molar-refractivity contribution in [3.05, 3.63) is 71.0 Å². The molecule has 5 heteroatoms. The average molecular weight is 369 g/mol. The molecule has 0 bridgehead atoms. The molecule has 0 saturated carbocycles. The Morgan fingerprint density at radius 1 is 1.04 bits per heavy atom. The number of hydrogen-bond donors (Lipinski definition) is 1. The Bertz CT molecular complexity index is 757. The van der Waals surface area contributed by atoms with E-state index in [0.717, 1.165) is 32.7 Å². The third-order valence-electron chi connectivity index (χ3n) is 5.00. The van der Waals surface area contributed by atoms with Gasteiger partial charge in [-0.2, -0.15) is 0 Å². The Balaban J connectivity index is 1.35. The predicted octanol–water partition coefficient (Wildman–Crippen LogP) is 2.61. The Labute approximate surface area is 161 Å². The van der Waals surface area contributed by atoms with Crippen LogP contribution in [0.15, 0.2) is 48.5 Å². The first-order chi connectivity index (χ1) is 13.1. The van der Waals surface area contributed by atoms with E-state index in [1.165, 1.54) is 17.2 Å². The summed E-state index contributed by atoms with van der Waals surface area (Å²) >= 11 is 0. The first-order valence-corrected chi connectivity index (χ1v) is 9.60. The topological polar surface area (TPSA) is 35.6 Å². The van der Waals surface area contributed by atoms with E-state index in [2.05, 4.69) is 46.3 Å². The van der Waals surface area contributed by atoms with Crippen molar-refractivity contribution >= 4 is 5.91 Å². The van der Waals surface area contributed by atoms with Crippen LogP contribution in [-0.4, -0.2) is 55.0 Å². The Kier molecular flexibility index (Phi) is 6.96. The third-order valence-corrected chi connectivity index (χ3v) is 5.00. The van der Waals surface area contributed by atoms with Crippen molar-refractivity contribution in [3.63, 3.8) is 0 Å². The van der Waals surface area contributed by atoms with E-state index in [1.54, 1.807) is 12.1 Å². The molecule has 1 aliphatic rings. The summed E-state index contributed by atoms with van der Waals surface area (Å²) < 4.78 is 13.6. The highest BCUT2D eigenvalue weighted by Gasteiger charge is 2.19. The number of rotatable bonds is 7. The number of amides is 1. The molecule has 1 fully saturated rings. The number of halogens is 1. The minimum atomic E-state index is -0.212. The number of nitrogens with one attached hydrogen (secondary N) is 1. The summed E-state index contributed by atoms with van der Waals surface area (Å²) in [6, 6.07) is 15.3. The fourth-order valence-electron chi connectivity index (χ4n) is 3.47. The lowest BCUT2D eigenvalue weighted by Crippen LogP contribution is -2.49. The molecular formula is C22H28FN3O. The zero-order valence-corrected chi connectivity index (χ0v) is 16.0. The highest BCUT2D eigenvalue weighted by Crippen LogP contribution is 2.10. The normalized spacial score (nSPS) is 15.6. The summed E-state index contributed by atoms with van der Waals surface area (Å²) in [5.74, 6) is -0.199. The fourth-order valence-corrected chi connectivity index (χ4v) is 3.47. The van der Waals surface area contributed by atoms with Gasteiger partial charge in [-0.25, -0.2) is 4.39 Å². The number of hydrogen-bond acceptors (Lipinski definition) is 3. The molecule has 1 amide bonds. The van der Waals surface area contributed by atoms with Crippen LogP contribution in [0.5, 0.6) is 0 Å². The summed E-state index contributed by atoms with van der Waals surface area (Å²) in [7, 11) is 0. The quantitative estimate of drug-likeness (QED) is 0.815. The van der Waals surface area contributed by atoms with Crippen molar-refractivity contribution in [1.29, 1.82) is 0 Å². The standard InChI is InChI=1S/C22H28FN3O/c1-18-5-4-6-19(15-18)16-25-11-13-26(14-12-25)17-22(27)24-10-9-20-7-2-3-8-21(20)23/h2-8,15H,9-14,16-17H2,1H3,(H,24,27). The SMILES string of the molecule is Cc1cccc(CN2CCN(CC(=O)NCCc3ccccc3F)CC2)c1. The first kappa shape index (κ1) is 19.5. The van der Waals surface area contributed by atoms with E-state index in [-0.39, 0.29) is 11.7 Å². The molecule has 0 aromatic heterocycles. The summed E-state index contributed by atoms with van der Waals surface area (Å²) in [4.78, 5) is 16.8. The Morgan fingerprint density at radius 2 is 1.78 bits per heavy atom.